The van der Waals surface area contributed by atoms with Crippen LogP contribution in [-0.4, -0.2) is 10.9 Å². The Hall–Kier alpha value is -2.88. The van der Waals surface area contributed by atoms with Crippen LogP contribution in [0.25, 0.3) is 10.8 Å². The third-order valence-electron chi connectivity index (χ3n) is 3.42. The van der Waals surface area contributed by atoms with Crippen LogP contribution < -0.4 is 11.1 Å². The molecule has 0 radical (unpaired) electrons. The molecule has 2 aromatic carbocycles. The van der Waals surface area contributed by atoms with Crippen molar-refractivity contribution < 1.29 is 4.79 Å². The van der Waals surface area contributed by atoms with Crippen molar-refractivity contribution in [2.75, 3.05) is 11.1 Å². The highest BCUT2D eigenvalue weighted by molar-refractivity contribution is 6.11. The molecule has 0 atom stereocenters. The largest absolute Gasteiger partial charge is 0.399 e. The number of aryl methyl sites for hydroxylation is 1. The van der Waals surface area contributed by atoms with Gasteiger partial charge in [0.05, 0.1) is 0 Å². The number of aromatic nitrogens is 1. The Kier molecular flexibility index (Phi) is 3.28. The average molecular weight is 277 g/mol. The monoisotopic (exact) mass is 277 g/mol. The second kappa shape index (κ2) is 5.25. The maximum atomic E-state index is 12.4. The Balaban J connectivity index is 1.95. The number of benzene rings is 2. The van der Waals surface area contributed by atoms with Crippen LogP contribution in [0.1, 0.15) is 16.1 Å². The molecule has 0 aliphatic heterocycles. The zero-order chi connectivity index (χ0) is 14.8. The van der Waals surface area contributed by atoms with Crippen molar-refractivity contribution in [1.82, 2.24) is 4.98 Å². The summed E-state index contributed by atoms with van der Waals surface area (Å²) in [5.41, 5.74) is 8.54. The lowest BCUT2D eigenvalue weighted by molar-refractivity contribution is 0.102. The topological polar surface area (TPSA) is 68.0 Å². The fourth-order valence-corrected chi connectivity index (χ4v) is 2.24. The molecule has 0 unspecified atom stereocenters. The summed E-state index contributed by atoms with van der Waals surface area (Å²) in [6.45, 7) is 1.90. The van der Waals surface area contributed by atoms with Gasteiger partial charge in [-0.3, -0.25) is 9.78 Å². The highest BCUT2D eigenvalue weighted by Crippen LogP contribution is 2.20. The number of pyridine rings is 1. The number of rotatable bonds is 2. The Labute approximate surface area is 122 Å². The van der Waals surface area contributed by atoms with E-state index < -0.39 is 0 Å². The Bertz CT molecular complexity index is 822. The second-order valence-electron chi connectivity index (χ2n) is 4.91. The number of nitrogens with two attached hydrogens (primary N) is 1. The molecule has 0 fully saturated rings. The number of hydrogen-bond acceptors (Lipinski definition) is 3. The summed E-state index contributed by atoms with van der Waals surface area (Å²) in [5, 5.41) is 4.69. The van der Waals surface area contributed by atoms with Gasteiger partial charge in [0.2, 0.25) is 0 Å². The van der Waals surface area contributed by atoms with E-state index in [-0.39, 0.29) is 5.91 Å². The lowest BCUT2D eigenvalue weighted by Gasteiger charge is -2.09. The molecule has 0 bridgehead atoms. The Morgan fingerprint density at radius 1 is 1.14 bits per heavy atom. The van der Waals surface area contributed by atoms with Gasteiger partial charge in [-0.1, -0.05) is 24.3 Å². The second-order valence-corrected chi connectivity index (χ2v) is 4.91. The summed E-state index contributed by atoms with van der Waals surface area (Å²) < 4.78 is 0. The van der Waals surface area contributed by atoms with E-state index in [0.717, 1.165) is 16.3 Å². The average Bonchev–Trinajstić information content (AvgIpc) is 2.50. The number of hydrogen-bond donors (Lipinski definition) is 2. The summed E-state index contributed by atoms with van der Waals surface area (Å²) in [7, 11) is 0. The minimum Gasteiger partial charge on any atom is -0.399 e. The molecule has 0 spiro atoms. The minimum atomic E-state index is -0.226. The highest BCUT2D eigenvalue weighted by atomic mass is 16.1. The number of nitrogens with zero attached hydrogens (tertiary/aromatic N) is 1. The van der Waals surface area contributed by atoms with E-state index in [1.807, 2.05) is 43.3 Å². The van der Waals surface area contributed by atoms with Gasteiger partial charge in [0.1, 0.15) is 5.69 Å². The summed E-state index contributed by atoms with van der Waals surface area (Å²) in [6.07, 6.45) is 1.64. The van der Waals surface area contributed by atoms with Crippen LogP contribution in [0.5, 0.6) is 0 Å². The predicted octanol–water partition coefficient (Wildman–Crippen LogP) is 3.38. The van der Waals surface area contributed by atoms with Gasteiger partial charge in [0.15, 0.2) is 0 Å². The normalized spacial score (nSPS) is 10.5. The first-order chi connectivity index (χ1) is 10.1. The van der Waals surface area contributed by atoms with Gasteiger partial charge in [0.25, 0.3) is 5.91 Å². The van der Waals surface area contributed by atoms with Crippen molar-refractivity contribution >= 4 is 28.1 Å². The molecule has 0 aliphatic carbocycles. The molecule has 21 heavy (non-hydrogen) atoms. The Morgan fingerprint density at radius 2 is 1.95 bits per heavy atom. The van der Waals surface area contributed by atoms with Crippen molar-refractivity contribution in [3.05, 3.63) is 66.0 Å². The van der Waals surface area contributed by atoms with Crippen LogP contribution in [-0.2, 0) is 0 Å². The predicted molar refractivity (Wildman–Crippen MR) is 85.3 cm³/mol. The molecule has 0 aliphatic rings. The van der Waals surface area contributed by atoms with E-state index in [0.29, 0.717) is 17.1 Å². The first kappa shape index (κ1) is 13.1. The molecular weight excluding hydrogens is 262 g/mol. The van der Waals surface area contributed by atoms with Crippen LogP contribution in [0.4, 0.5) is 11.4 Å². The van der Waals surface area contributed by atoms with Gasteiger partial charge in [0, 0.05) is 23.0 Å². The lowest BCUT2D eigenvalue weighted by atomic mass is 10.1. The first-order valence-electron chi connectivity index (χ1n) is 6.66. The van der Waals surface area contributed by atoms with Gasteiger partial charge in [-0.25, -0.2) is 0 Å². The molecule has 3 aromatic rings. The smallest absolute Gasteiger partial charge is 0.274 e. The number of nitrogen functional groups attached to an aromatic ring is 1. The van der Waals surface area contributed by atoms with E-state index >= 15 is 0 Å². The van der Waals surface area contributed by atoms with Crippen LogP contribution >= 0.6 is 0 Å². The fraction of sp³-hybridized carbons (Fsp3) is 0.0588. The van der Waals surface area contributed by atoms with Crippen molar-refractivity contribution in [2.24, 2.45) is 0 Å². The SMILES string of the molecule is Cc1cc(NC(=O)c2nccc3ccccc23)ccc1N. The van der Waals surface area contributed by atoms with Crippen LogP contribution in [0.3, 0.4) is 0 Å². The third kappa shape index (κ3) is 2.56. The molecule has 1 amide bonds. The number of amides is 1. The van der Waals surface area contributed by atoms with E-state index in [2.05, 4.69) is 10.3 Å². The van der Waals surface area contributed by atoms with Crippen molar-refractivity contribution in [3.63, 3.8) is 0 Å². The van der Waals surface area contributed by atoms with Gasteiger partial charge in [-0.15, -0.1) is 0 Å². The van der Waals surface area contributed by atoms with E-state index in [4.69, 9.17) is 5.73 Å². The molecule has 0 saturated carbocycles. The summed E-state index contributed by atoms with van der Waals surface area (Å²) >= 11 is 0. The van der Waals surface area contributed by atoms with E-state index in [1.54, 1.807) is 18.3 Å². The molecular formula is C17H15N3O. The molecule has 4 nitrogen and oxygen atoms in total. The molecule has 1 heterocycles. The number of carbonyl (C=O) groups is 1. The fourth-order valence-electron chi connectivity index (χ4n) is 2.24. The number of carbonyl (C=O) groups excluding carboxylic acids is 1. The Morgan fingerprint density at radius 3 is 2.76 bits per heavy atom. The van der Waals surface area contributed by atoms with E-state index in [9.17, 15) is 4.79 Å². The van der Waals surface area contributed by atoms with Crippen LogP contribution in [0.15, 0.2) is 54.7 Å². The summed E-state index contributed by atoms with van der Waals surface area (Å²) in [4.78, 5) is 16.6. The standard InChI is InChI=1S/C17H15N3O/c1-11-10-13(6-7-15(11)18)20-17(21)16-14-5-3-2-4-12(14)8-9-19-16/h2-10H,18H2,1H3,(H,20,21). The third-order valence-corrected chi connectivity index (χ3v) is 3.42. The van der Waals surface area contributed by atoms with Crippen molar-refractivity contribution in [2.45, 2.75) is 6.92 Å². The molecule has 104 valence electrons. The van der Waals surface area contributed by atoms with Gasteiger partial charge in [-0.05, 0) is 42.1 Å². The van der Waals surface area contributed by atoms with Gasteiger partial charge < -0.3 is 11.1 Å². The number of nitrogens with one attached hydrogen (secondary N) is 1. The quantitative estimate of drug-likeness (QED) is 0.706. The van der Waals surface area contributed by atoms with Crippen molar-refractivity contribution in [3.8, 4) is 0 Å². The van der Waals surface area contributed by atoms with Crippen LogP contribution in [0.2, 0.25) is 0 Å². The zero-order valence-electron chi connectivity index (χ0n) is 11.6. The molecule has 0 saturated heterocycles. The van der Waals surface area contributed by atoms with Crippen molar-refractivity contribution in [1.29, 1.82) is 0 Å². The molecule has 3 rings (SSSR count). The maximum Gasteiger partial charge on any atom is 0.274 e. The van der Waals surface area contributed by atoms with E-state index in [1.165, 1.54) is 0 Å². The highest BCUT2D eigenvalue weighted by Gasteiger charge is 2.11. The molecule has 4 heteroatoms. The number of fused-ring (bicyclic) bond motifs is 1. The lowest BCUT2D eigenvalue weighted by Crippen LogP contribution is -2.14. The maximum absolute atomic E-state index is 12.4. The summed E-state index contributed by atoms with van der Waals surface area (Å²) in [5.74, 6) is -0.226. The minimum absolute atomic E-state index is 0.226. The van der Waals surface area contributed by atoms with Gasteiger partial charge in [-0.2, -0.15) is 0 Å². The summed E-state index contributed by atoms with van der Waals surface area (Å²) in [6, 6.07) is 15.0. The first-order valence-corrected chi connectivity index (χ1v) is 6.66. The zero-order valence-corrected chi connectivity index (χ0v) is 11.6. The van der Waals surface area contributed by atoms with Gasteiger partial charge >= 0.3 is 0 Å². The molecule has 1 aromatic heterocycles. The number of anilines is 2. The van der Waals surface area contributed by atoms with Crippen LogP contribution in [0, 0.1) is 6.92 Å². The molecule has 3 N–H and O–H groups in total.